The van der Waals surface area contributed by atoms with Crippen LogP contribution in [-0.2, 0) is 4.79 Å². The number of likely N-dealkylation sites (tertiary alicyclic amines) is 1. The fourth-order valence-electron chi connectivity index (χ4n) is 5.19. The lowest BCUT2D eigenvalue weighted by Crippen LogP contribution is -2.41. The van der Waals surface area contributed by atoms with Crippen LogP contribution in [0.25, 0.3) is 22.2 Å². The van der Waals surface area contributed by atoms with Crippen molar-refractivity contribution in [3.63, 3.8) is 0 Å². The number of aromatic amines is 1. The maximum absolute atomic E-state index is 11.8. The van der Waals surface area contributed by atoms with Crippen LogP contribution in [0.5, 0.6) is 0 Å². The van der Waals surface area contributed by atoms with Gasteiger partial charge in [0.15, 0.2) is 0 Å². The van der Waals surface area contributed by atoms with Gasteiger partial charge in [-0.3, -0.25) is 4.79 Å². The van der Waals surface area contributed by atoms with Crippen LogP contribution in [0.15, 0.2) is 49.3 Å². The summed E-state index contributed by atoms with van der Waals surface area (Å²) in [4.78, 5) is 26.2. The molecule has 1 saturated heterocycles. The summed E-state index contributed by atoms with van der Waals surface area (Å²) in [5.74, 6) is 1.29. The Hall–Kier alpha value is -2.90. The summed E-state index contributed by atoms with van der Waals surface area (Å²) in [5.41, 5.74) is 2.78. The molecule has 0 radical (unpaired) electrons. The van der Waals surface area contributed by atoms with Crippen molar-refractivity contribution in [1.29, 1.82) is 0 Å². The standard InChI is InChI=1S/C26H31ClN6O/c1-2-24(34)33-11-9-17(10-12-33)14-28-18-7-8-19(13-18)31-26-30-16-22(27)25(32-26)21-15-29-23-6-4-3-5-20(21)23/h2-6,15-19,28-29H,1,7-14H2,(H,30,31,32)/t18-,19+/m0/s1. The molecule has 8 heteroatoms. The van der Waals surface area contributed by atoms with Crippen molar-refractivity contribution in [2.45, 2.75) is 44.2 Å². The zero-order valence-corrected chi connectivity index (χ0v) is 20.0. The maximum atomic E-state index is 11.8. The predicted molar refractivity (Wildman–Crippen MR) is 137 cm³/mol. The van der Waals surface area contributed by atoms with Crippen LogP contribution in [0.4, 0.5) is 5.95 Å². The quantitative estimate of drug-likeness (QED) is 0.431. The van der Waals surface area contributed by atoms with Gasteiger partial charge in [0.2, 0.25) is 11.9 Å². The number of carbonyl (C=O) groups is 1. The van der Waals surface area contributed by atoms with E-state index in [2.05, 4.69) is 33.2 Å². The number of H-pyrrole nitrogens is 1. The van der Waals surface area contributed by atoms with Gasteiger partial charge in [-0.2, -0.15) is 0 Å². The van der Waals surface area contributed by atoms with Crippen molar-refractivity contribution in [2.75, 3.05) is 25.0 Å². The molecule has 1 saturated carbocycles. The van der Waals surface area contributed by atoms with Gasteiger partial charge in [0, 0.05) is 47.8 Å². The van der Waals surface area contributed by atoms with Gasteiger partial charge < -0.3 is 20.5 Å². The number of amides is 1. The third-order valence-corrected chi connectivity index (χ3v) is 7.43. The monoisotopic (exact) mass is 478 g/mol. The summed E-state index contributed by atoms with van der Waals surface area (Å²) in [6.45, 7) is 6.26. The number of anilines is 1. The fourth-order valence-corrected chi connectivity index (χ4v) is 5.39. The zero-order chi connectivity index (χ0) is 23.5. The summed E-state index contributed by atoms with van der Waals surface area (Å²) < 4.78 is 0. The molecule has 1 aromatic carbocycles. The number of rotatable bonds is 7. The molecule has 34 heavy (non-hydrogen) atoms. The van der Waals surface area contributed by atoms with Crippen molar-refractivity contribution in [1.82, 2.24) is 25.2 Å². The van der Waals surface area contributed by atoms with Crippen LogP contribution in [0.2, 0.25) is 5.02 Å². The Labute approximate surface area is 205 Å². The number of benzene rings is 1. The van der Waals surface area contributed by atoms with E-state index in [1.54, 1.807) is 6.20 Å². The molecule has 2 aliphatic rings. The minimum atomic E-state index is 0.0494. The summed E-state index contributed by atoms with van der Waals surface area (Å²) in [5, 5.41) is 8.92. The molecule has 3 aromatic rings. The molecular formula is C26H31ClN6O. The van der Waals surface area contributed by atoms with Crippen LogP contribution in [0.3, 0.4) is 0 Å². The second kappa shape index (κ2) is 10.2. The number of carbonyl (C=O) groups excluding carboxylic acids is 1. The first kappa shape index (κ1) is 22.9. The molecule has 2 atom stereocenters. The van der Waals surface area contributed by atoms with Gasteiger partial charge in [-0.25, -0.2) is 9.97 Å². The first-order chi connectivity index (χ1) is 16.6. The Balaban J connectivity index is 1.15. The molecule has 1 aliphatic carbocycles. The summed E-state index contributed by atoms with van der Waals surface area (Å²) in [7, 11) is 0. The van der Waals surface area contributed by atoms with Crippen molar-refractivity contribution in [2.24, 2.45) is 5.92 Å². The molecule has 0 bridgehead atoms. The summed E-state index contributed by atoms with van der Waals surface area (Å²) in [6.07, 6.45) is 10.4. The number of halogens is 1. The average Bonchev–Trinajstić information content (AvgIpc) is 3.50. The van der Waals surface area contributed by atoms with E-state index in [-0.39, 0.29) is 5.91 Å². The largest absolute Gasteiger partial charge is 0.360 e. The minimum absolute atomic E-state index is 0.0494. The number of nitrogens with one attached hydrogen (secondary N) is 3. The molecule has 3 N–H and O–H groups in total. The fraction of sp³-hybridized carbons (Fsp3) is 0.423. The number of aromatic nitrogens is 3. The second-order valence-corrected chi connectivity index (χ2v) is 9.78. The van der Waals surface area contributed by atoms with Crippen LogP contribution in [0.1, 0.15) is 32.1 Å². The molecule has 3 heterocycles. The Morgan fingerprint density at radius 2 is 2.00 bits per heavy atom. The summed E-state index contributed by atoms with van der Waals surface area (Å²) >= 11 is 6.47. The van der Waals surface area contributed by atoms with Gasteiger partial charge in [-0.15, -0.1) is 0 Å². The molecular weight excluding hydrogens is 448 g/mol. The third kappa shape index (κ3) is 4.95. The molecule has 5 rings (SSSR count). The number of hydrogen-bond acceptors (Lipinski definition) is 5. The highest BCUT2D eigenvalue weighted by Crippen LogP contribution is 2.33. The Morgan fingerprint density at radius 1 is 1.21 bits per heavy atom. The SMILES string of the molecule is C=CC(=O)N1CCC(CN[C@H]2CC[C@@H](Nc3ncc(Cl)c(-c4c[nH]c5ccccc45)n3)C2)CC1. The van der Waals surface area contributed by atoms with E-state index >= 15 is 0 Å². The lowest BCUT2D eigenvalue weighted by atomic mass is 9.96. The average molecular weight is 479 g/mol. The van der Waals surface area contributed by atoms with Gasteiger partial charge in [0.25, 0.3) is 0 Å². The number of hydrogen-bond donors (Lipinski definition) is 3. The topological polar surface area (TPSA) is 85.9 Å². The number of para-hydroxylation sites is 1. The van der Waals surface area contributed by atoms with Crippen LogP contribution < -0.4 is 10.6 Å². The second-order valence-electron chi connectivity index (χ2n) is 9.37. The van der Waals surface area contributed by atoms with E-state index in [0.29, 0.717) is 29.0 Å². The lowest BCUT2D eigenvalue weighted by Gasteiger charge is -2.32. The van der Waals surface area contributed by atoms with Crippen LogP contribution in [0, 0.1) is 5.92 Å². The van der Waals surface area contributed by atoms with Crippen molar-refractivity contribution in [3.05, 3.63) is 54.3 Å². The van der Waals surface area contributed by atoms with E-state index in [0.717, 1.165) is 73.9 Å². The minimum Gasteiger partial charge on any atom is -0.360 e. The molecule has 0 unspecified atom stereocenters. The predicted octanol–water partition coefficient (Wildman–Crippen LogP) is 4.63. The Bertz CT molecular complexity index is 1170. The van der Waals surface area contributed by atoms with Crippen molar-refractivity contribution < 1.29 is 4.79 Å². The Morgan fingerprint density at radius 3 is 2.82 bits per heavy atom. The number of nitrogens with zero attached hydrogens (tertiary/aromatic N) is 3. The van der Waals surface area contributed by atoms with Gasteiger partial charge >= 0.3 is 0 Å². The molecule has 2 aromatic heterocycles. The van der Waals surface area contributed by atoms with Crippen molar-refractivity contribution in [3.8, 4) is 11.3 Å². The molecule has 178 valence electrons. The highest BCUT2D eigenvalue weighted by Gasteiger charge is 2.27. The Kier molecular flexibility index (Phi) is 6.83. The summed E-state index contributed by atoms with van der Waals surface area (Å²) in [6, 6.07) is 8.97. The van der Waals surface area contributed by atoms with E-state index < -0.39 is 0 Å². The number of piperidine rings is 1. The van der Waals surface area contributed by atoms with E-state index in [1.165, 1.54) is 6.08 Å². The smallest absolute Gasteiger partial charge is 0.245 e. The molecule has 0 spiro atoms. The van der Waals surface area contributed by atoms with E-state index in [1.807, 2.05) is 29.3 Å². The van der Waals surface area contributed by atoms with Crippen LogP contribution in [-0.4, -0.2) is 57.5 Å². The van der Waals surface area contributed by atoms with Gasteiger partial charge in [-0.05, 0) is 56.7 Å². The molecule has 1 aliphatic heterocycles. The first-order valence-corrected chi connectivity index (χ1v) is 12.5. The number of fused-ring (bicyclic) bond motifs is 1. The maximum Gasteiger partial charge on any atom is 0.245 e. The van der Waals surface area contributed by atoms with Crippen molar-refractivity contribution >= 4 is 34.4 Å². The van der Waals surface area contributed by atoms with Gasteiger partial charge in [-0.1, -0.05) is 36.4 Å². The van der Waals surface area contributed by atoms with Gasteiger partial charge in [0.05, 0.1) is 16.9 Å². The highest BCUT2D eigenvalue weighted by molar-refractivity contribution is 6.33. The van der Waals surface area contributed by atoms with Gasteiger partial charge in [0.1, 0.15) is 0 Å². The first-order valence-electron chi connectivity index (χ1n) is 12.1. The highest BCUT2D eigenvalue weighted by atomic mass is 35.5. The third-order valence-electron chi connectivity index (χ3n) is 7.15. The normalized spacial score (nSPS) is 21.1. The molecule has 7 nitrogen and oxygen atoms in total. The molecule has 2 fully saturated rings. The van der Waals surface area contributed by atoms with E-state index in [4.69, 9.17) is 16.6 Å². The van der Waals surface area contributed by atoms with Crippen LogP contribution >= 0.6 is 11.6 Å². The zero-order valence-electron chi connectivity index (χ0n) is 19.3. The van der Waals surface area contributed by atoms with E-state index in [9.17, 15) is 4.79 Å². The lowest BCUT2D eigenvalue weighted by molar-refractivity contribution is -0.127. The molecule has 1 amide bonds.